The molecule has 0 aliphatic carbocycles. The summed E-state index contributed by atoms with van der Waals surface area (Å²) in [5.74, 6) is 0.0110. The van der Waals surface area contributed by atoms with Gasteiger partial charge in [-0.05, 0) is 19.1 Å². The fraction of sp³-hybridized carbons (Fsp3) is 0.250. The monoisotopic (exact) mass is 280 g/mol. The molecule has 0 saturated heterocycles. The quantitative estimate of drug-likeness (QED) is 0.913. The lowest BCUT2D eigenvalue weighted by Crippen LogP contribution is -2.32. The van der Waals surface area contributed by atoms with E-state index in [0.29, 0.717) is 12.2 Å². The second-order valence-corrected chi connectivity index (χ2v) is 5.83. The van der Waals surface area contributed by atoms with Crippen molar-refractivity contribution in [3.63, 3.8) is 0 Å². The maximum absolute atomic E-state index is 12.7. The van der Waals surface area contributed by atoms with Crippen LogP contribution in [0.4, 0.5) is 11.5 Å². The van der Waals surface area contributed by atoms with Crippen LogP contribution in [0.1, 0.15) is 6.92 Å². The Balaban J connectivity index is 2.55. The summed E-state index contributed by atoms with van der Waals surface area (Å²) in [6.07, 6.45) is 1.39. The van der Waals surface area contributed by atoms with Crippen molar-refractivity contribution in [1.29, 1.82) is 0 Å². The molecule has 6 nitrogen and oxygen atoms in total. The number of imidazole rings is 1. The number of hydrogen-bond donors (Lipinski definition) is 1. The smallest absolute Gasteiger partial charge is 0.283 e. The van der Waals surface area contributed by atoms with E-state index < -0.39 is 10.0 Å². The molecule has 2 aromatic rings. The van der Waals surface area contributed by atoms with Crippen molar-refractivity contribution in [3.05, 3.63) is 36.7 Å². The molecule has 1 aromatic heterocycles. The Bertz CT molecular complexity index is 645. The van der Waals surface area contributed by atoms with Gasteiger partial charge in [-0.15, -0.1) is 0 Å². The number of aromatic nitrogens is 2. The summed E-state index contributed by atoms with van der Waals surface area (Å²) in [6, 6.07) is 8.91. The first-order chi connectivity index (χ1) is 8.98. The van der Waals surface area contributed by atoms with Gasteiger partial charge in [-0.2, -0.15) is 8.42 Å². The number of nitrogens with zero attached hydrogens (tertiary/aromatic N) is 3. The van der Waals surface area contributed by atoms with Crippen molar-refractivity contribution in [3.8, 4) is 0 Å². The second kappa shape index (κ2) is 4.93. The van der Waals surface area contributed by atoms with Gasteiger partial charge < -0.3 is 10.3 Å². The van der Waals surface area contributed by atoms with Gasteiger partial charge in [0, 0.05) is 13.6 Å². The fourth-order valence-corrected chi connectivity index (χ4v) is 3.62. The molecule has 0 atom stereocenters. The molecule has 0 saturated carbocycles. The third-order valence-electron chi connectivity index (χ3n) is 2.78. The molecule has 1 heterocycles. The molecule has 19 heavy (non-hydrogen) atoms. The van der Waals surface area contributed by atoms with E-state index in [4.69, 9.17) is 5.73 Å². The van der Waals surface area contributed by atoms with Gasteiger partial charge in [-0.3, -0.25) is 4.31 Å². The second-order valence-electron chi connectivity index (χ2n) is 4.05. The van der Waals surface area contributed by atoms with Crippen LogP contribution in [0.3, 0.4) is 0 Å². The maximum atomic E-state index is 12.7. The van der Waals surface area contributed by atoms with Crippen molar-refractivity contribution in [2.45, 2.75) is 11.9 Å². The summed E-state index contributed by atoms with van der Waals surface area (Å²) in [7, 11) is -2.11. The Morgan fingerprint density at radius 2 is 1.95 bits per heavy atom. The van der Waals surface area contributed by atoms with E-state index in [9.17, 15) is 8.42 Å². The first-order valence-electron chi connectivity index (χ1n) is 5.83. The molecule has 1 aromatic carbocycles. The molecule has 0 radical (unpaired) electrons. The van der Waals surface area contributed by atoms with E-state index in [1.165, 1.54) is 15.2 Å². The van der Waals surface area contributed by atoms with Crippen molar-refractivity contribution >= 4 is 21.5 Å². The van der Waals surface area contributed by atoms with Crippen LogP contribution < -0.4 is 10.0 Å². The van der Waals surface area contributed by atoms with Gasteiger partial charge in [0.1, 0.15) is 0 Å². The van der Waals surface area contributed by atoms with Crippen LogP contribution in [0.2, 0.25) is 0 Å². The lowest BCUT2D eigenvalue weighted by atomic mass is 10.3. The van der Waals surface area contributed by atoms with Crippen LogP contribution in [-0.4, -0.2) is 24.5 Å². The minimum Gasteiger partial charge on any atom is -0.381 e. The third kappa shape index (κ3) is 2.28. The van der Waals surface area contributed by atoms with Crippen LogP contribution in [0.15, 0.2) is 41.7 Å². The van der Waals surface area contributed by atoms with Gasteiger partial charge in [-0.1, -0.05) is 18.2 Å². The number of nitrogens with two attached hydrogens (primary N) is 1. The van der Waals surface area contributed by atoms with Gasteiger partial charge >= 0.3 is 0 Å². The first kappa shape index (κ1) is 13.4. The highest BCUT2D eigenvalue weighted by Gasteiger charge is 2.29. The normalized spacial score (nSPS) is 11.5. The van der Waals surface area contributed by atoms with E-state index in [0.717, 1.165) is 0 Å². The summed E-state index contributed by atoms with van der Waals surface area (Å²) >= 11 is 0. The Kier molecular flexibility index (Phi) is 3.48. The van der Waals surface area contributed by atoms with Crippen LogP contribution >= 0.6 is 0 Å². The number of nitrogen functional groups attached to an aromatic ring is 1. The van der Waals surface area contributed by atoms with Gasteiger partial charge in [0.15, 0.2) is 10.8 Å². The molecular formula is C12H16N4O2S. The van der Waals surface area contributed by atoms with E-state index in [1.807, 2.05) is 6.07 Å². The zero-order chi connectivity index (χ0) is 14.0. The summed E-state index contributed by atoms with van der Waals surface area (Å²) in [4.78, 5) is 3.83. The van der Waals surface area contributed by atoms with Gasteiger partial charge in [-0.25, -0.2) is 4.98 Å². The maximum Gasteiger partial charge on any atom is 0.283 e. The predicted octanol–water partition coefficient (Wildman–Crippen LogP) is 1.22. The summed E-state index contributed by atoms with van der Waals surface area (Å²) < 4.78 is 28.0. The van der Waals surface area contributed by atoms with E-state index >= 15 is 0 Å². The number of anilines is 2. The molecule has 0 bridgehead atoms. The van der Waals surface area contributed by atoms with Crippen LogP contribution in [0.25, 0.3) is 0 Å². The third-order valence-corrected chi connectivity index (χ3v) is 4.81. The number of sulfonamides is 1. The minimum absolute atomic E-state index is 0.0110. The summed E-state index contributed by atoms with van der Waals surface area (Å²) in [5, 5.41) is 0.0122. The number of aryl methyl sites for hydroxylation is 1. The zero-order valence-electron chi connectivity index (χ0n) is 10.8. The molecule has 0 unspecified atom stereocenters. The molecule has 102 valence electrons. The Morgan fingerprint density at radius 3 is 2.42 bits per heavy atom. The van der Waals surface area contributed by atoms with Gasteiger partial charge in [0.25, 0.3) is 10.0 Å². The topological polar surface area (TPSA) is 81.2 Å². The SMILES string of the molecule is CCN(c1ccccc1)S(=O)(=O)c1c(N)ncn1C. The highest BCUT2D eigenvalue weighted by Crippen LogP contribution is 2.25. The van der Waals surface area contributed by atoms with Crippen molar-refractivity contribution in [2.75, 3.05) is 16.6 Å². The molecule has 0 aliphatic heterocycles. The van der Waals surface area contributed by atoms with Crippen LogP contribution in [0, 0.1) is 0 Å². The highest BCUT2D eigenvalue weighted by atomic mass is 32.2. The first-order valence-corrected chi connectivity index (χ1v) is 7.27. The largest absolute Gasteiger partial charge is 0.381 e. The van der Waals surface area contributed by atoms with Crippen molar-refractivity contribution < 1.29 is 8.42 Å². The van der Waals surface area contributed by atoms with E-state index in [-0.39, 0.29) is 10.8 Å². The average molecular weight is 280 g/mol. The Labute approximate surface area is 112 Å². The molecule has 0 amide bonds. The fourth-order valence-electron chi connectivity index (χ4n) is 1.94. The lowest BCUT2D eigenvalue weighted by Gasteiger charge is -2.22. The Hall–Kier alpha value is -2.02. The van der Waals surface area contributed by atoms with Gasteiger partial charge in [0.2, 0.25) is 0 Å². The minimum atomic E-state index is -3.71. The molecular weight excluding hydrogens is 264 g/mol. The standard InChI is InChI=1S/C12H16N4O2S/c1-3-16(10-7-5-4-6-8-10)19(17,18)12-11(13)14-9-15(12)2/h4-9H,3,13H2,1-2H3. The van der Waals surface area contributed by atoms with Crippen LogP contribution in [-0.2, 0) is 17.1 Å². The summed E-state index contributed by atoms with van der Waals surface area (Å²) in [6.45, 7) is 2.09. The molecule has 0 fully saturated rings. The Morgan fingerprint density at radius 1 is 1.32 bits per heavy atom. The molecule has 2 N–H and O–H groups in total. The number of benzene rings is 1. The lowest BCUT2D eigenvalue weighted by molar-refractivity contribution is 0.582. The van der Waals surface area contributed by atoms with Crippen LogP contribution in [0.5, 0.6) is 0 Å². The van der Waals surface area contributed by atoms with E-state index in [1.54, 1.807) is 38.2 Å². The molecule has 0 spiro atoms. The molecule has 2 rings (SSSR count). The molecule has 7 heteroatoms. The number of hydrogen-bond acceptors (Lipinski definition) is 4. The summed E-state index contributed by atoms with van der Waals surface area (Å²) in [5.41, 5.74) is 6.26. The number of rotatable bonds is 4. The highest BCUT2D eigenvalue weighted by molar-refractivity contribution is 7.92. The van der Waals surface area contributed by atoms with E-state index in [2.05, 4.69) is 4.98 Å². The zero-order valence-corrected chi connectivity index (χ0v) is 11.6. The van der Waals surface area contributed by atoms with Crippen molar-refractivity contribution in [2.24, 2.45) is 7.05 Å². The molecule has 0 aliphatic rings. The average Bonchev–Trinajstić information content (AvgIpc) is 2.71. The van der Waals surface area contributed by atoms with Crippen molar-refractivity contribution in [1.82, 2.24) is 9.55 Å². The number of para-hydroxylation sites is 1. The predicted molar refractivity (Wildman–Crippen MR) is 74.3 cm³/mol. The van der Waals surface area contributed by atoms with Gasteiger partial charge in [0.05, 0.1) is 12.0 Å².